The molecule has 1 fully saturated rings. The Labute approximate surface area is 156 Å². The summed E-state index contributed by atoms with van der Waals surface area (Å²) < 4.78 is 24.4. The molecule has 5 nitrogen and oxygen atoms in total. The summed E-state index contributed by atoms with van der Waals surface area (Å²) in [6.45, 7) is 0.644. The van der Waals surface area contributed by atoms with Crippen LogP contribution in [0.4, 0.5) is 4.39 Å². The number of carbonyl (C=O) groups excluding carboxylic acids is 1. The van der Waals surface area contributed by atoms with Crippen molar-refractivity contribution in [2.45, 2.75) is 18.9 Å². The number of carbonyl (C=O) groups is 1. The van der Waals surface area contributed by atoms with E-state index in [4.69, 9.17) is 9.26 Å². The summed E-state index contributed by atoms with van der Waals surface area (Å²) in [5.41, 5.74) is 1.68. The number of aromatic nitrogens is 1. The summed E-state index contributed by atoms with van der Waals surface area (Å²) in [6.07, 6.45) is 1.79. The van der Waals surface area contributed by atoms with Gasteiger partial charge in [0, 0.05) is 18.2 Å². The van der Waals surface area contributed by atoms with Gasteiger partial charge in [-0.25, -0.2) is 4.39 Å². The van der Waals surface area contributed by atoms with Crippen molar-refractivity contribution < 1.29 is 18.4 Å². The first-order valence-electron chi connectivity index (χ1n) is 8.84. The summed E-state index contributed by atoms with van der Waals surface area (Å²) in [7, 11) is 1.62. The van der Waals surface area contributed by atoms with Crippen LogP contribution in [0.1, 0.15) is 35.0 Å². The van der Waals surface area contributed by atoms with Gasteiger partial charge >= 0.3 is 0 Å². The molecule has 0 spiro atoms. The van der Waals surface area contributed by atoms with Crippen LogP contribution in [-0.4, -0.2) is 29.6 Å². The van der Waals surface area contributed by atoms with E-state index in [2.05, 4.69) is 5.16 Å². The molecular weight excluding hydrogens is 347 g/mol. The van der Waals surface area contributed by atoms with Gasteiger partial charge in [-0.05, 0) is 42.7 Å². The third-order valence-corrected chi connectivity index (χ3v) is 4.88. The molecule has 2 aromatic carbocycles. The molecule has 1 aromatic heterocycles. The van der Waals surface area contributed by atoms with E-state index < -0.39 is 5.82 Å². The van der Waals surface area contributed by atoms with Gasteiger partial charge in [0.25, 0.3) is 5.91 Å². The van der Waals surface area contributed by atoms with E-state index >= 15 is 0 Å². The minimum atomic E-state index is -0.401. The second-order valence-corrected chi connectivity index (χ2v) is 6.49. The van der Waals surface area contributed by atoms with E-state index in [9.17, 15) is 9.18 Å². The molecule has 1 amide bonds. The molecule has 6 heteroatoms. The monoisotopic (exact) mass is 366 g/mol. The zero-order valence-corrected chi connectivity index (χ0v) is 14.9. The maximum atomic E-state index is 13.9. The first-order chi connectivity index (χ1) is 13.2. The van der Waals surface area contributed by atoms with Crippen LogP contribution in [0.3, 0.4) is 0 Å². The van der Waals surface area contributed by atoms with Crippen molar-refractivity contribution in [3.8, 4) is 17.0 Å². The Morgan fingerprint density at radius 3 is 2.74 bits per heavy atom. The standard InChI is InChI=1S/C21H19FN2O3/c1-26-15-10-8-14(9-11-15)19-7-4-12-24(19)21(25)20-13-18(23-27-20)16-5-2-3-6-17(16)22/h2-3,5-6,8-11,13,19H,4,7,12H2,1H3. The number of hydrogen-bond acceptors (Lipinski definition) is 4. The quantitative estimate of drug-likeness (QED) is 0.684. The van der Waals surface area contributed by atoms with Crippen molar-refractivity contribution >= 4 is 5.91 Å². The molecule has 2 heterocycles. The highest BCUT2D eigenvalue weighted by molar-refractivity contribution is 5.93. The molecule has 1 unspecified atom stereocenters. The first kappa shape index (κ1) is 17.3. The van der Waals surface area contributed by atoms with Gasteiger partial charge < -0.3 is 14.2 Å². The lowest BCUT2D eigenvalue weighted by atomic mass is 10.0. The second kappa shape index (κ2) is 7.23. The summed E-state index contributed by atoms with van der Waals surface area (Å²) in [5.74, 6) is 0.263. The van der Waals surface area contributed by atoms with Crippen LogP contribution in [0.2, 0.25) is 0 Å². The van der Waals surface area contributed by atoms with Gasteiger partial charge in [0.05, 0.1) is 13.2 Å². The molecular formula is C21H19FN2O3. The molecule has 0 N–H and O–H groups in total. The summed E-state index contributed by atoms with van der Waals surface area (Å²) in [6, 6.07) is 15.5. The number of halogens is 1. The van der Waals surface area contributed by atoms with Gasteiger partial charge in [-0.3, -0.25) is 4.79 Å². The Morgan fingerprint density at radius 2 is 2.00 bits per heavy atom. The number of ether oxygens (including phenoxy) is 1. The van der Waals surface area contributed by atoms with Crippen LogP contribution in [0.15, 0.2) is 59.1 Å². The van der Waals surface area contributed by atoms with Crippen LogP contribution >= 0.6 is 0 Å². The smallest absolute Gasteiger partial charge is 0.292 e. The zero-order chi connectivity index (χ0) is 18.8. The minimum absolute atomic E-state index is 0.0228. The van der Waals surface area contributed by atoms with Crippen LogP contribution < -0.4 is 4.74 Å². The fraction of sp³-hybridized carbons (Fsp3) is 0.238. The van der Waals surface area contributed by atoms with Crippen molar-refractivity contribution in [2.24, 2.45) is 0 Å². The molecule has 1 aliphatic heterocycles. The van der Waals surface area contributed by atoms with Crippen molar-refractivity contribution in [1.82, 2.24) is 10.1 Å². The number of amides is 1. The lowest BCUT2D eigenvalue weighted by molar-refractivity contribution is 0.0693. The molecule has 1 saturated heterocycles. The van der Waals surface area contributed by atoms with E-state index in [-0.39, 0.29) is 17.7 Å². The molecule has 0 radical (unpaired) electrons. The van der Waals surface area contributed by atoms with Gasteiger partial charge in [-0.15, -0.1) is 0 Å². The molecule has 0 saturated carbocycles. The number of likely N-dealkylation sites (tertiary alicyclic amines) is 1. The highest BCUT2D eigenvalue weighted by atomic mass is 19.1. The molecule has 3 aromatic rings. The van der Waals surface area contributed by atoms with Crippen molar-refractivity contribution in [1.29, 1.82) is 0 Å². The first-order valence-corrected chi connectivity index (χ1v) is 8.84. The fourth-order valence-corrected chi connectivity index (χ4v) is 3.50. The van der Waals surface area contributed by atoms with E-state index in [1.807, 2.05) is 24.3 Å². The SMILES string of the molecule is COc1ccc(C2CCCN2C(=O)c2cc(-c3ccccc3F)no2)cc1. The summed E-state index contributed by atoms with van der Waals surface area (Å²) in [4.78, 5) is 14.7. The van der Waals surface area contributed by atoms with Gasteiger partial charge in [0.15, 0.2) is 0 Å². The van der Waals surface area contributed by atoms with Crippen LogP contribution in [0, 0.1) is 5.82 Å². The van der Waals surface area contributed by atoms with Crippen LogP contribution in [0.5, 0.6) is 5.75 Å². The number of rotatable bonds is 4. The maximum Gasteiger partial charge on any atom is 0.292 e. The average molecular weight is 366 g/mol. The van der Waals surface area contributed by atoms with Crippen LogP contribution in [0.25, 0.3) is 11.3 Å². The van der Waals surface area contributed by atoms with E-state index in [1.165, 1.54) is 12.1 Å². The molecule has 4 rings (SSSR count). The maximum absolute atomic E-state index is 13.9. The minimum Gasteiger partial charge on any atom is -0.497 e. The third kappa shape index (κ3) is 3.30. The normalized spacial score (nSPS) is 16.5. The van der Waals surface area contributed by atoms with Crippen LogP contribution in [-0.2, 0) is 0 Å². The van der Waals surface area contributed by atoms with Crippen molar-refractivity contribution in [3.05, 3.63) is 71.7 Å². The molecule has 27 heavy (non-hydrogen) atoms. The Bertz CT molecular complexity index is 952. The van der Waals surface area contributed by atoms with Crippen molar-refractivity contribution in [3.63, 3.8) is 0 Å². The Kier molecular flexibility index (Phi) is 4.62. The molecule has 0 bridgehead atoms. The summed E-state index contributed by atoms with van der Waals surface area (Å²) in [5, 5.41) is 3.88. The van der Waals surface area contributed by atoms with Gasteiger partial charge in [0.2, 0.25) is 5.76 Å². The molecule has 0 aliphatic carbocycles. The lowest BCUT2D eigenvalue weighted by Gasteiger charge is -2.24. The van der Waals surface area contributed by atoms with Crippen molar-refractivity contribution in [2.75, 3.05) is 13.7 Å². The predicted molar refractivity (Wildman–Crippen MR) is 97.9 cm³/mol. The predicted octanol–water partition coefficient (Wildman–Crippen LogP) is 4.47. The topological polar surface area (TPSA) is 55.6 Å². The zero-order valence-electron chi connectivity index (χ0n) is 14.9. The lowest BCUT2D eigenvalue weighted by Crippen LogP contribution is -2.30. The summed E-state index contributed by atoms with van der Waals surface area (Å²) >= 11 is 0. The largest absolute Gasteiger partial charge is 0.497 e. The molecule has 138 valence electrons. The highest BCUT2D eigenvalue weighted by Gasteiger charge is 2.32. The molecule has 1 atom stereocenters. The van der Waals surface area contributed by atoms with Gasteiger partial charge in [-0.1, -0.05) is 29.4 Å². The van der Waals surface area contributed by atoms with Gasteiger partial charge in [-0.2, -0.15) is 0 Å². The Balaban J connectivity index is 1.57. The number of hydrogen-bond donors (Lipinski definition) is 0. The number of methoxy groups -OCH3 is 1. The van der Waals surface area contributed by atoms with E-state index in [0.29, 0.717) is 17.8 Å². The Hall–Kier alpha value is -3.15. The number of benzene rings is 2. The third-order valence-electron chi connectivity index (χ3n) is 4.88. The van der Waals surface area contributed by atoms with E-state index in [1.54, 1.807) is 30.2 Å². The molecule has 1 aliphatic rings. The van der Waals surface area contributed by atoms with E-state index in [0.717, 1.165) is 24.2 Å². The average Bonchev–Trinajstić information content (AvgIpc) is 3.38. The number of nitrogens with zero attached hydrogens (tertiary/aromatic N) is 2. The highest BCUT2D eigenvalue weighted by Crippen LogP contribution is 2.34. The fourth-order valence-electron chi connectivity index (χ4n) is 3.50. The van der Waals surface area contributed by atoms with Gasteiger partial charge in [0.1, 0.15) is 17.3 Å². The second-order valence-electron chi connectivity index (χ2n) is 6.49. The Morgan fingerprint density at radius 1 is 1.22 bits per heavy atom.